The van der Waals surface area contributed by atoms with Crippen LogP contribution >= 0.6 is 0 Å². The van der Waals surface area contributed by atoms with E-state index < -0.39 is 5.97 Å². The summed E-state index contributed by atoms with van der Waals surface area (Å²) in [6.45, 7) is 7.53. The van der Waals surface area contributed by atoms with Crippen molar-refractivity contribution in [1.29, 1.82) is 0 Å². The Hall–Kier alpha value is -1.88. The fourth-order valence-electron chi connectivity index (χ4n) is 2.11. The predicted octanol–water partition coefficient (Wildman–Crippen LogP) is 1.95. The first-order valence-electron chi connectivity index (χ1n) is 7.37. The quantitative estimate of drug-likeness (QED) is 0.755. The van der Waals surface area contributed by atoms with Gasteiger partial charge in [-0.2, -0.15) is 0 Å². The molecule has 5 nitrogen and oxygen atoms in total. The average Bonchev–Trinajstić information content (AvgIpc) is 2.51. The summed E-state index contributed by atoms with van der Waals surface area (Å²) in [6.07, 6.45) is -0.0309. The van der Waals surface area contributed by atoms with Crippen LogP contribution in [0.2, 0.25) is 0 Å². The minimum atomic E-state index is -0.885. The zero-order valence-electron chi connectivity index (χ0n) is 12.8. The van der Waals surface area contributed by atoms with Crippen LogP contribution in [0.25, 0.3) is 0 Å². The molecular formula is C16H24N2O3. The first-order chi connectivity index (χ1) is 10.1. The maximum Gasteiger partial charge on any atom is 0.305 e. The van der Waals surface area contributed by atoms with Crippen LogP contribution in [0.4, 0.5) is 0 Å². The second-order valence-corrected chi connectivity index (χ2v) is 4.83. The van der Waals surface area contributed by atoms with Crippen LogP contribution in [-0.2, 0) is 4.79 Å². The number of aliphatic carboxylic acids is 1. The molecule has 1 amide bonds. The number of carbonyl (C=O) groups is 2. The summed E-state index contributed by atoms with van der Waals surface area (Å²) in [6, 6.07) is 9.00. The molecule has 0 spiro atoms. The molecule has 0 aliphatic rings. The van der Waals surface area contributed by atoms with Gasteiger partial charge in [-0.1, -0.05) is 32.0 Å². The van der Waals surface area contributed by atoms with Crippen molar-refractivity contribution in [2.45, 2.75) is 20.3 Å². The van der Waals surface area contributed by atoms with Gasteiger partial charge in [-0.3, -0.25) is 9.59 Å². The van der Waals surface area contributed by atoms with Gasteiger partial charge < -0.3 is 14.9 Å². The minimum Gasteiger partial charge on any atom is -0.481 e. The number of carboxylic acid groups (broad SMARTS) is 1. The van der Waals surface area contributed by atoms with Crippen LogP contribution < -0.4 is 0 Å². The Bertz CT molecular complexity index is 444. The molecule has 0 aliphatic heterocycles. The number of carbonyl (C=O) groups excluding carboxylic acids is 1. The summed E-state index contributed by atoms with van der Waals surface area (Å²) in [7, 11) is 0. The third kappa shape index (κ3) is 5.95. The van der Waals surface area contributed by atoms with Gasteiger partial charge in [0.2, 0.25) is 0 Å². The van der Waals surface area contributed by atoms with E-state index >= 15 is 0 Å². The van der Waals surface area contributed by atoms with E-state index in [-0.39, 0.29) is 18.9 Å². The topological polar surface area (TPSA) is 60.9 Å². The number of hydrogen-bond donors (Lipinski definition) is 1. The number of benzene rings is 1. The van der Waals surface area contributed by atoms with Gasteiger partial charge in [0.05, 0.1) is 6.42 Å². The van der Waals surface area contributed by atoms with Crippen molar-refractivity contribution in [2.75, 3.05) is 32.7 Å². The van der Waals surface area contributed by atoms with E-state index in [1.54, 1.807) is 17.0 Å². The van der Waals surface area contributed by atoms with E-state index in [0.29, 0.717) is 12.1 Å². The zero-order chi connectivity index (χ0) is 15.7. The zero-order valence-corrected chi connectivity index (χ0v) is 12.8. The number of rotatable bonds is 9. The Kier molecular flexibility index (Phi) is 7.46. The fourth-order valence-corrected chi connectivity index (χ4v) is 2.11. The van der Waals surface area contributed by atoms with Crippen molar-refractivity contribution in [3.8, 4) is 0 Å². The largest absolute Gasteiger partial charge is 0.481 e. The average molecular weight is 292 g/mol. The molecule has 5 heteroatoms. The van der Waals surface area contributed by atoms with Gasteiger partial charge in [0.1, 0.15) is 0 Å². The second kappa shape index (κ2) is 9.13. The van der Waals surface area contributed by atoms with Gasteiger partial charge in [-0.25, -0.2) is 0 Å². The Morgan fingerprint density at radius 2 is 1.62 bits per heavy atom. The van der Waals surface area contributed by atoms with Gasteiger partial charge in [0.15, 0.2) is 0 Å². The fraction of sp³-hybridized carbons (Fsp3) is 0.500. The number of carboxylic acids is 1. The first-order valence-corrected chi connectivity index (χ1v) is 7.37. The van der Waals surface area contributed by atoms with Crippen LogP contribution in [0, 0.1) is 0 Å². The highest BCUT2D eigenvalue weighted by Crippen LogP contribution is 2.06. The van der Waals surface area contributed by atoms with Crippen molar-refractivity contribution < 1.29 is 14.7 Å². The second-order valence-electron chi connectivity index (χ2n) is 4.83. The van der Waals surface area contributed by atoms with Crippen molar-refractivity contribution in [3.63, 3.8) is 0 Å². The number of nitrogens with zero attached hydrogens (tertiary/aromatic N) is 2. The Morgan fingerprint density at radius 1 is 1.00 bits per heavy atom. The molecule has 0 unspecified atom stereocenters. The van der Waals surface area contributed by atoms with E-state index in [9.17, 15) is 9.59 Å². The summed E-state index contributed by atoms with van der Waals surface area (Å²) in [5, 5.41) is 8.84. The molecule has 1 rings (SSSR count). The van der Waals surface area contributed by atoms with Gasteiger partial charge in [-0.05, 0) is 25.2 Å². The molecule has 0 fully saturated rings. The van der Waals surface area contributed by atoms with Crippen molar-refractivity contribution in [3.05, 3.63) is 35.9 Å². The van der Waals surface area contributed by atoms with Crippen LogP contribution in [0.1, 0.15) is 30.6 Å². The Labute approximate surface area is 126 Å². The van der Waals surface area contributed by atoms with Crippen LogP contribution in [0.5, 0.6) is 0 Å². The maximum absolute atomic E-state index is 12.5. The van der Waals surface area contributed by atoms with Gasteiger partial charge in [0.25, 0.3) is 5.91 Å². The highest BCUT2D eigenvalue weighted by atomic mass is 16.4. The van der Waals surface area contributed by atoms with Crippen LogP contribution in [0.3, 0.4) is 0 Å². The molecule has 1 N–H and O–H groups in total. The lowest BCUT2D eigenvalue weighted by Crippen LogP contribution is -2.39. The molecule has 1 aromatic carbocycles. The standard InChI is InChI=1S/C16H24N2O3/c1-3-17(4-2)12-13-18(11-10-15(19)20)16(21)14-8-6-5-7-9-14/h5-9H,3-4,10-13H2,1-2H3,(H,19,20). The molecule has 1 aromatic rings. The lowest BCUT2D eigenvalue weighted by Gasteiger charge is -2.26. The third-order valence-electron chi connectivity index (χ3n) is 3.48. The summed E-state index contributed by atoms with van der Waals surface area (Å²) in [5.41, 5.74) is 0.599. The summed E-state index contributed by atoms with van der Waals surface area (Å²) in [4.78, 5) is 27.1. The Morgan fingerprint density at radius 3 is 2.14 bits per heavy atom. The van der Waals surface area contributed by atoms with E-state index in [2.05, 4.69) is 18.7 Å². The van der Waals surface area contributed by atoms with Crippen LogP contribution in [-0.4, -0.2) is 59.5 Å². The molecule has 0 aliphatic carbocycles. The SMILES string of the molecule is CCN(CC)CCN(CCC(=O)O)C(=O)c1ccccc1. The molecule has 0 bridgehead atoms. The molecule has 0 saturated heterocycles. The van der Waals surface area contributed by atoms with E-state index in [1.165, 1.54) is 0 Å². The minimum absolute atomic E-state index is 0.0309. The summed E-state index contributed by atoms with van der Waals surface area (Å²) >= 11 is 0. The monoisotopic (exact) mass is 292 g/mol. The van der Waals surface area contributed by atoms with Gasteiger partial charge in [-0.15, -0.1) is 0 Å². The predicted molar refractivity (Wildman–Crippen MR) is 82.4 cm³/mol. The molecular weight excluding hydrogens is 268 g/mol. The molecule has 0 aromatic heterocycles. The van der Waals surface area contributed by atoms with Crippen molar-refractivity contribution >= 4 is 11.9 Å². The number of likely N-dealkylation sites (N-methyl/N-ethyl adjacent to an activating group) is 1. The van der Waals surface area contributed by atoms with Crippen molar-refractivity contribution in [1.82, 2.24) is 9.80 Å². The molecule has 0 radical (unpaired) electrons. The van der Waals surface area contributed by atoms with Crippen molar-refractivity contribution in [2.24, 2.45) is 0 Å². The maximum atomic E-state index is 12.5. The molecule has 21 heavy (non-hydrogen) atoms. The van der Waals surface area contributed by atoms with E-state index in [0.717, 1.165) is 19.6 Å². The number of hydrogen-bond acceptors (Lipinski definition) is 3. The molecule has 116 valence electrons. The lowest BCUT2D eigenvalue weighted by atomic mass is 10.2. The summed E-state index contributed by atoms with van der Waals surface area (Å²) in [5.74, 6) is -0.993. The molecule has 0 saturated carbocycles. The lowest BCUT2D eigenvalue weighted by molar-refractivity contribution is -0.137. The van der Waals surface area contributed by atoms with Gasteiger partial charge in [0, 0.05) is 25.2 Å². The Balaban J connectivity index is 2.71. The highest BCUT2D eigenvalue weighted by molar-refractivity contribution is 5.94. The van der Waals surface area contributed by atoms with E-state index in [4.69, 9.17) is 5.11 Å². The first kappa shape index (κ1) is 17.2. The third-order valence-corrected chi connectivity index (χ3v) is 3.48. The normalized spacial score (nSPS) is 10.6. The van der Waals surface area contributed by atoms with Crippen LogP contribution in [0.15, 0.2) is 30.3 Å². The highest BCUT2D eigenvalue weighted by Gasteiger charge is 2.17. The molecule has 0 heterocycles. The van der Waals surface area contributed by atoms with E-state index in [1.807, 2.05) is 18.2 Å². The van der Waals surface area contributed by atoms with Gasteiger partial charge >= 0.3 is 5.97 Å². The smallest absolute Gasteiger partial charge is 0.305 e. The molecule has 0 atom stereocenters. The summed E-state index contributed by atoms with van der Waals surface area (Å²) < 4.78 is 0. The number of amides is 1.